The zero-order valence-corrected chi connectivity index (χ0v) is 13.8. The van der Waals surface area contributed by atoms with Gasteiger partial charge in [-0.25, -0.2) is 0 Å². The number of carbonyl (C=O) groups is 1. The van der Waals surface area contributed by atoms with Gasteiger partial charge in [0, 0.05) is 7.11 Å². The molecule has 2 heterocycles. The van der Waals surface area contributed by atoms with Crippen LogP contribution in [0.2, 0.25) is 5.02 Å². The number of hydrogen-bond acceptors (Lipinski definition) is 4. The Morgan fingerprint density at radius 1 is 1.38 bits per heavy atom. The number of carbonyl (C=O) groups excluding carboxylic acids is 1. The highest BCUT2D eigenvalue weighted by molar-refractivity contribution is 6.34. The number of methoxy groups -OCH3 is 1. The summed E-state index contributed by atoms with van der Waals surface area (Å²) in [4.78, 5) is 15.3. The summed E-state index contributed by atoms with van der Waals surface area (Å²) < 4.78 is 6.72. The maximum atomic E-state index is 13.0. The van der Waals surface area contributed by atoms with Crippen molar-refractivity contribution in [3.8, 4) is 0 Å². The van der Waals surface area contributed by atoms with Gasteiger partial charge in [0.2, 0.25) is 5.78 Å². The van der Waals surface area contributed by atoms with Crippen LogP contribution in [0, 0.1) is 0 Å². The van der Waals surface area contributed by atoms with Gasteiger partial charge >= 0.3 is 0 Å². The van der Waals surface area contributed by atoms with Crippen LogP contribution in [0.3, 0.4) is 0 Å². The summed E-state index contributed by atoms with van der Waals surface area (Å²) in [6.45, 7) is 6.91. The Morgan fingerprint density at radius 3 is 2.67 bits per heavy atom. The molecule has 0 radical (unpaired) electrons. The third kappa shape index (κ3) is 3.47. The molecule has 0 saturated carbocycles. The van der Waals surface area contributed by atoms with E-state index in [1.54, 1.807) is 11.8 Å². The summed E-state index contributed by atoms with van der Waals surface area (Å²) in [5, 5.41) is 4.62. The van der Waals surface area contributed by atoms with E-state index in [4.69, 9.17) is 16.3 Å². The molecule has 1 saturated heterocycles. The van der Waals surface area contributed by atoms with E-state index in [0.29, 0.717) is 23.9 Å². The number of likely N-dealkylation sites (tertiary alicyclic amines) is 1. The van der Waals surface area contributed by atoms with E-state index in [0.717, 1.165) is 25.9 Å². The van der Waals surface area contributed by atoms with Crippen LogP contribution < -0.4 is 0 Å². The van der Waals surface area contributed by atoms with Crippen LogP contribution in [0.5, 0.6) is 0 Å². The van der Waals surface area contributed by atoms with E-state index in [9.17, 15) is 4.79 Å². The largest absolute Gasteiger partial charge is 0.383 e. The van der Waals surface area contributed by atoms with Crippen LogP contribution >= 0.6 is 11.6 Å². The number of halogens is 1. The van der Waals surface area contributed by atoms with Gasteiger partial charge in [0.05, 0.1) is 29.9 Å². The molecule has 0 unspecified atom stereocenters. The van der Waals surface area contributed by atoms with Gasteiger partial charge in [-0.15, -0.1) is 0 Å². The second kappa shape index (κ2) is 6.90. The van der Waals surface area contributed by atoms with Crippen LogP contribution in [0.4, 0.5) is 0 Å². The monoisotopic (exact) mass is 313 g/mol. The van der Waals surface area contributed by atoms with Gasteiger partial charge in [-0.1, -0.05) is 18.0 Å². The van der Waals surface area contributed by atoms with Crippen molar-refractivity contribution in [2.24, 2.45) is 0 Å². The summed E-state index contributed by atoms with van der Waals surface area (Å²) in [7, 11) is 1.63. The third-order valence-electron chi connectivity index (χ3n) is 4.22. The number of Topliss-reactive ketones (excluding diaryl/α,β-unsaturated/α-hetero) is 1. The summed E-state index contributed by atoms with van der Waals surface area (Å²) in [5.41, 5.74) is -0.0705. The van der Waals surface area contributed by atoms with Crippen molar-refractivity contribution in [2.45, 2.75) is 45.2 Å². The van der Waals surface area contributed by atoms with Gasteiger partial charge in [-0.2, -0.15) is 5.10 Å². The van der Waals surface area contributed by atoms with E-state index < -0.39 is 5.54 Å². The first-order chi connectivity index (χ1) is 9.98. The van der Waals surface area contributed by atoms with Crippen LogP contribution in [0.15, 0.2) is 6.20 Å². The van der Waals surface area contributed by atoms with Crippen molar-refractivity contribution in [3.63, 3.8) is 0 Å². The molecule has 1 fully saturated rings. The first kappa shape index (κ1) is 16.5. The van der Waals surface area contributed by atoms with Crippen molar-refractivity contribution in [1.82, 2.24) is 14.7 Å². The molecule has 0 atom stereocenters. The van der Waals surface area contributed by atoms with Gasteiger partial charge in [0.25, 0.3) is 0 Å². The van der Waals surface area contributed by atoms with Crippen LogP contribution in [0.25, 0.3) is 0 Å². The quantitative estimate of drug-likeness (QED) is 0.758. The lowest BCUT2D eigenvalue weighted by Gasteiger charge is -2.39. The molecule has 0 spiro atoms. The molecule has 1 aliphatic heterocycles. The Hall–Kier alpha value is -0.910. The fourth-order valence-corrected chi connectivity index (χ4v) is 3.05. The number of hydrogen-bond donors (Lipinski definition) is 0. The lowest BCUT2D eigenvalue weighted by Crippen LogP contribution is -2.52. The smallest absolute Gasteiger partial charge is 0.201 e. The SMILES string of the molecule is COCCn1ncc(Cl)c1C(=O)C(C)(C)N1CCCCC1. The number of nitrogens with zero attached hydrogens (tertiary/aromatic N) is 3. The highest BCUT2D eigenvalue weighted by Crippen LogP contribution is 2.27. The summed E-state index contributed by atoms with van der Waals surface area (Å²) >= 11 is 6.20. The number of piperidine rings is 1. The summed E-state index contributed by atoms with van der Waals surface area (Å²) in [6, 6.07) is 0. The van der Waals surface area contributed by atoms with Gasteiger partial charge in [0.1, 0.15) is 5.69 Å². The van der Waals surface area contributed by atoms with E-state index >= 15 is 0 Å². The van der Waals surface area contributed by atoms with Crippen LogP contribution in [-0.4, -0.2) is 52.8 Å². The van der Waals surface area contributed by atoms with Gasteiger partial charge in [0.15, 0.2) is 0 Å². The Labute approximate surface area is 131 Å². The van der Waals surface area contributed by atoms with Crippen LogP contribution in [-0.2, 0) is 11.3 Å². The maximum absolute atomic E-state index is 13.0. The predicted octanol–water partition coefficient (Wildman–Crippen LogP) is 2.63. The van der Waals surface area contributed by atoms with Crippen molar-refractivity contribution < 1.29 is 9.53 Å². The lowest BCUT2D eigenvalue weighted by molar-refractivity contribution is 0.0566. The molecular formula is C15H24ClN3O2. The molecule has 6 heteroatoms. The minimum absolute atomic E-state index is 0.0306. The van der Waals surface area contributed by atoms with Crippen molar-refractivity contribution in [1.29, 1.82) is 0 Å². The Kier molecular flexibility index (Phi) is 5.41. The number of ether oxygens (including phenoxy) is 1. The molecular weight excluding hydrogens is 290 g/mol. The van der Waals surface area contributed by atoms with Crippen molar-refractivity contribution in [2.75, 3.05) is 26.8 Å². The Morgan fingerprint density at radius 2 is 2.05 bits per heavy atom. The molecule has 0 bridgehead atoms. The lowest BCUT2D eigenvalue weighted by atomic mass is 9.92. The number of ketones is 1. The normalized spacial score (nSPS) is 17.1. The average Bonchev–Trinajstić information content (AvgIpc) is 2.86. The molecule has 5 nitrogen and oxygen atoms in total. The van der Waals surface area contributed by atoms with Gasteiger partial charge < -0.3 is 4.74 Å². The van der Waals surface area contributed by atoms with E-state index in [2.05, 4.69) is 10.00 Å². The highest BCUT2D eigenvalue weighted by Gasteiger charge is 2.38. The first-order valence-electron chi connectivity index (χ1n) is 7.48. The van der Waals surface area contributed by atoms with Crippen LogP contribution in [0.1, 0.15) is 43.6 Å². The van der Waals surface area contributed by atoms with Gasteiger partial charge in [-0.05, 0) is 39.8 Å². The second-order valence-electron chi connectivity index (χ2n) is 5.99. The predicted molar refractivity (Wildman–Crippen MR) is 82.9 cm³/mol. The summed E-state index contributed by atoms with van der Waals surface area (Å²) in [5.74, 6) is 0.0306. The highest BCUT2D eigenvalue weighted by atomic mass is 35.5. The standard InChI is InChI=1S/C15H24ClN3O2/c1-15(2,18-7-5-4-6-8-18)14(20)13-12(16)11-17-19(13)9-10-21-3/h11H,4-10H2,1-3H3. The molecule has 0 aromatic carbocycles. The van der Waals surface area contributed by atoms with E-state index in [1.807, 2.05) is 13.8 Å². The first-order valence-corrected chi connectivity index (χ1v) is 7.86. The molecule has 0 amide bonds. The molecule has 1 aliphatic rings. The Balaban J connectivity index is 2.23. The summed E-state index contributed by atoms with van der Waals surface area (Å²) in [6.07, 6.45) is 5.07. The van der Waals surface area contributed by atoms with Crippen molar-refractivity contribution >= 4 is 17.4 Å². The zero-order valence-electron chi connectivity index (χ0n) is 13.1. The minimum Gasteiger partial charge on any atom is -0.383 e. The van der Waals surface area contributed by atoms with Crippen molar-refractivity contribution in [3.05, 3.63) is 16.9 Å². The molecule has 0 N–H and O–H groups in total. The van der Waals surface area contributed by atoms with E-state index in [1.165, 1.54) is 12.6 Å². The molecule has 118 valence electrons. The second-order valence-corrected chi connectivity index (χ2v) is 6.40. The van der Waals surface area contributed by atoms with E-state index in [-0.39, 0.29) is 5.78 Å². The maximum Gasteiger partial charge on any atom is 0.201 e. The number of aromatic nitrogens is 2. The average molecular weight is 314 g/mol. The molecule has 2 rings (SSSR count). The minimum atomic E-state index is -0.561. The third-order valence-corrected chi connectivity index (χ3v) is 4.50. The topological polar surface area (TPSA) is 47.4 Å². The molecule has 1 aromatic heterocycles. The van der Waals surface area contributed by atoms with Gasteiger partial charge in [-0.3, -0.25) is 14.4 Å². The molecule has 1 aromatic rings. The molecule has 0 aliphatic carbocycles. The molecule has 21 heavy (non-hydrogen) atoms. The zero-order chi connectivity index (χ0) is 15.5. The fourth-order valence-electron chi connectivity index (χ4n) is 2.82. The fraction of sp³-hybridized carbons (Fsp3) is 0.733. The number of rotatable bonds is 6. The Bertz CT molecular complexity index is 493.